The zero-order chi connectivity index (χ0) is 21.4. The number of methoxy groups -OCH3 is 2. The zero-order valence-corrected chi connectivity index (χ0v) is 15.7. The minimum atomic E-state index is -1.54. The number of ether oxygens (including phenoxy) is 3. The topological polar surface area (TPSA) is 128 Å². The zero-order valence-electron chi connectivity index (χ0n) is 15.7. The van der Waals surface area contributed by atoms with Crippen LogP contribution in [-0.4, -0.2) is 49.7 Å². The van der Waals surface area contributed by atoms with Crippen LogP contribution in [0.5, 0.6) is 0 Å². The molecule has 2 N–H and O–H groups in total. The molecule has 9 nitrogen and oxygen atoms in total. The van der Waals surface area contributed by atoms with Crippen molar-refractivity contribution < 1.29 is 38.5 Å². The molecule has 2 aromatic rings. The fourth-order valence-corrected chi connectivity index (χ4v) is 2.35. The van der Waals surface area contributed by atoms with Crippen molar-refractivity contribution in [3.8, 4) is 0 Å². The second kappa shape index (κ2) is 10.00. The summed E-state index contributed by atoms with van der Waals surface area (Å²) in [6.45, 7) is -0.716. The first-order chi connectivity index (χ1) is 13.9. The first-order valence-electron chi connectivity index (χ1n) is 8.37. The molecule has 9 heteroatoms. The fourth-order valence-electron chi connectivity index (χ4n) is 2.35. The van der Waals surface area contributed by atoms with E-state index < -0.39 is 36.5 Å². The van der Waals surface area contributed by atoms with Crippen molar-refractivity contribution >= 4 is 29.5 Å². The van der Waals surface area contributed by atoms with Gasteiger partial charge in [-0.3, -0.25) is 4.79 Å². The molecule has 29 heavy (non-hydrogen) atoms. The molecule has 0 heterocycles. The third-order valence-electron chi connectivity index (χ3n) is 3.80. The van der Waals surface area contributed by atoms with E-state index in [1.165, 1.54) is 37.4 Å². The Morgan fingerprint density at radius 3 is 2.24 bits per heavy atom. The van der Waals surface area contributed by atoms with E-state index in [9.17, 15) is 24.3 Å². The van der Waals surface area contributed by atoms with Crippen molar-refractivity contribution in [2.45, 2.75) is 6.10 Å². The van der Waals surface area contributed by atoms with Crippen LogP contribution < -0.4 is 5.32 Å². The van der Waals surface area contributed by atoms with Crippen LogP contribution in [0.4, 0.5) is 5.69 Å². The molecule has 0 aromatic heterocycles. The SMILES string of the molecule is COC(=O)c1ccc(C(=O)OC)c(NC(=O)COC(=O)[C@H](O)c2ccccc2)c1. The number of hydrogen-bond donors (Lipinski definition) is 2. The number of aliphatic hydroxyl groups is 1. The largest absolute Gasteiger partial charge is 0.465 e. The van der Waals surface area contributed by atoms with Crippen molar-refractivity contribution in [1.82, 2.24) is 0 Å². The Morgan fingerprint density at radius 2 is 1.62 bits per heavy atom. The van der Waals surface area contributed by atoms with Gasteiger partial charge in [0, 0.05) is 0 Å². The molecular weight excluding hydrogens is 382 g/mol. The molecule has 0 radical (unpaired) electrons. The lowest BCUT2D eigenvalue weighted by molar-refractivity contribution is -0.156. The highest BCUT2D eigenvalue weighted by Gasteiger charge is 2.21. The van der Waals surface area contributed by atoms with Gasteiger partial charge in [-0.2, -0.15) is 0 Å². The Balaban J connectivity index is 2.08. The summed E-state index contributed by atoms with van der Waals surface area (Å²) in [6, 6.07) is 11.9. The number of carbonyl (C=O) groups is 4. The van der Waals surface area contributed by atoms with Crippen molar-refractivity contribution in [2.75, 3.05) is 26.1 Å². The Labute approximate surface area is 166 Å². The third kappa shape index (κ3) is 5.63. The second-order valence-electron chi connectivity index (χ2n) is 5.71. The highest BCUT2D eigenvalue weighted by atomic mass is 16.6. The maximum absolute atomic E-state index is 12.2. The summed E-state index contributed by atoms with van der Waals surface area (Å²) >= 11 is 0. The number of aliphatic hydroxyl groups excluding tert-OH is 1. The molecular formula is C20H19NO8. The summed E-state index contributed by atoms with van der Waals surface area (Å²) < 4.78 is 14.1. The molecule has 0 saturated heterocycles. The molecule has 152 valence electrons. The van der Waals surface area contributed by atoms with E-state index in [0.717, 1.165) is 7.11 Å². The number of anilines is 1. The van der Waals surface area contributed by atoms with Crippen LogP contribution in [0.1, 0.15) is 32.4 Å². The van der Waals surface area contributed by atoms with Gasteiger partial charge in [0.25, 0.3) is 5.91 Å². The Kier molecular flexibility index (Phi) is 7.44. The molecule has 0 bridgehead atoms. The second-order valence-corrected chi connectivity index (χ2v) is 5.71. The molecule has 0 fully saturated rings. The third-order valence-corrected chi connectivity index (χ3v) is 3.80. The highest BCUT2D eigenvalue weighted by molar-refractivity contribution is 6.04. The predicted octanol–water partition coefficient (Wildman–Crippen LogP) is 1.48. The maximum atomic E-state index is 12.2. The summed E-state index contributed by atoms with van der Waals surface area (Å²) in [4.78, 5) is 47.6. The molecule has 0 aliphatic carbocycles. The highest BCUT2D eigenvalue weighted by Crippen LogP contribution is 2.20. The molecule has 0 unspecified atom stereocenters. The minimum Gasteiger partial charge on any atom is -0.465 e. The summed E-state index contributed by atoms with van der Waals surface area (Å²) in [5, 5.41) is 12.3. The van der Waals surface area contributed by atoms with E-state index in [1.54, 1.807) is 18.2 Å². The summed E-state index contributed by atoms with van der Waals surface area (Å²) in [7, 11) is 2.35. The smallest absolute Gasteiger partial charge is 0.340 e. The summed E-state index contributed by atoms with van der Waals surface area (Å²) in [5.74, 6) is -3.21. The molecule has 1 amide bonds. The summed E-state index contributed by atoms with van der Waals surface area (Å²) in [6.07, 6.45) is -1.54. The van der Waals surface area contributed by atoms with E-state index in [0.29, 0.717) is 5.56 Å². The lowest BCUT2D eigenvalue weighted by Crippen LogP contribution is -2.25. The minimum absolute atomic E-state index is 0.0100. The van der Waals surface area contributed by atoms with Gasteiger partial charge < -0.3 is 24.6 Å². The number of carbonyl (C=O) groups excluding carboxylic acids is 4. The number of benzene rings is 2. The average molecular weight is 401 g/mol. The summed E-state index contributed by atoms with van der Waals surface area (Å²) in [5.41, 5.74) is 0.372. The molecule has 2 aromatic carbocycles. The van der Waals surface area contributed by atoms with Crippen molar-refractivity contribution in [1.29, 1.82) is 0 Å². The van der Waals surface area contributed by atoms with E-state index in [4.69, 9.17) is 4.74 Å². The molecule has 0 saturated carbocycles. The van der Waals surface area contributed by atoms with Gasteiger partial charge in [0.15, 0.2) is 12.7 Å². The Morgan fingerprint density at radius 1 is 0.966 bits per heavy atom. The van der Waals surface area contributed by atoms with E-state index in [2.05, 4.69) is 14.8 Å². The molecule has 0 spiro atoms. The predicted molar refractivity (Wildman–Crippen MR) is 100 cm³/mol. The van der Waals surface area contributed by atoms with Crippen LogP contribution >= 0.6 is 0 Å². The van der Waals surface area contributed by atoms with Gasteiger partial charge in [0.05, 0.1) is 31.0 Å². The van der Waals surface area contributed by atoms with E-state index in [1.807, 2.05) is 0 Å². The quantitative estimate of drug-likeness (QED) is 0.527. The van der Waals surface area contributed by atoms with Crippen LogP contribution in [0, 0.1) is 0 Å². The Bertz CT molecular complexity index is 910. The standard InChI is InChI=1S/C20H19NO8/c1-27-18(24)13-8-9-14(19(25)28-2)15(10-13)21-16(22)11-29-20(26)17(23)12-6-4-3-5-7-12/h3-10,17,23H,11H2,1-2H3,(H,21,22)/t17-/m1/s1. The van der Waals surface area contributed by atoms with Crippen LogP contribution in [0.3, 0.4) is 0 Å². The Hall–Kier alpha value is -3.72. The number of nitrogens with one attached hydrogen (secondary N) is 1. The van der Waals surface area contributed by atoms with Crippen molar-refractivity contribution in [3.05, 3.63) is 65.2 Å². The lowest BCUT2D eigenvalue weighted by Gasteiger charge is -2.13. The number of amides is 1. The van der Waals surface area contributed by atoms with Crippen LogP contribution in [0.2, 0.25) is 0 Å². The van der Waals surface area contributed by atoms with Gasteiger partial charge in [0.2, 0.25) is 0 Å². The lowest BCUT2D eigenvalue weighted by atomic mass is 10.1. The van der Waals surface area contributed by atoms with Crippen LogP contribution in [0.25, 0.3) is 0 Å². The van der Waals surface area contributed by atoms with Crippen molar-refractivity contribution in [3.63, 3.8) is 0 Å². The first kappa shape index (κ1) is 21.6. The van der Waals surface area contributed by atoms with Gasteiger partial charge in [-0.15, -0.1) is 0 Å². The number of rotatable bonds is 7. The van der Waals surface area contributed by atoms with Crippen LogP contribution in [-0.2, 0) is 23.8 Å². The molecule has 0 aliphatic heterocycles. The van der Waals surface area contributed by atoms with E-state index >= 15 is 0 Å². The number of hydrogen-bond acceptors (Lipinski definition) is 8. The average Bonchev–Trinajstić information content (AvgIpc) is 2.76. The molecule has 2 rings (SSSR count). The molecule has 0 aliphatic rings. The van der Waals surface area contributed by atoms with Crippen molar-refractivity contribution in [2.24, 2.45) is 0 Å². The monoisotopic (exact) mass is 401 g/mol. The number of esters is 3. The normalized spacial score (nSPS) is 11.1. The van der Waals surface area contributed by atoms with Gasteiger partial charge in [-0.1, -0.05) is 30.3 Å². The van der Waals surface area contributed by atoms with E-state index in [-0.39, 0.29) is 16.8 Å². The van der Waals surface area contributed by atoms with Gasteiger partial charge in [-0.25, -0.2) is 14.4 Å². The fraction of sp³-hybridized carbons (Fsp3) is 0.200. The van der Waals surface area contributed by atoms with Gasteiger partial charge in [-0.05, 0) is 23.8 Å². The van der Waals surface area contributed by atoms with Crippen LogP contribution in [0.15, 0.2) is 48.5 Å². The van der Waals surface area contributed by atoms with Gasteiger partial charge >= 0.3 is 17.9 Å². The first-order valence-corrected chi connectivity index (χ1v) is 8.37. The maximum Gasteiger partial charge on any atom is 0.340 e. The van der Waals surface area contributed by atoms with Gasteiger partial charge in [0.1, 0.15) is 0 Å². The molecule has 1 atom stereocenters.